The van der Waals surface area contributed by atoms with Crippen LogP contribution < -0.4 is 0 Å². The Kier molecular flexibility index (Phi) is 8.21. The Labute approximate surface area is 192 Å². The largest absolute Gasteiger partial charge is 0.377 e. The highest BCUT2D eigenvalue weighted by molar-refractivity contribution is 7.89. The van der Waals surface area contributed by atoms with E-state index in [1.54, 1.807) is 16.4 Å². The van der Waals surface area contributed by atoms with Gasteiger partial charge in [0.25, 0.3) is 0 Å². The molecule has 0 aliphatic carbocycles. The second-order valence-corrected chi connectivity index (χ2v) is 11.2. The van der Waals surface area contributed by atoms with Crippen LogP contribution in [-0.4, -0.2) is 87.0 Å². The van der Waals surface area contributed by atoms with E-state index in [1.165, 1.54) is 0 Å². The Balaban J connectivity index is 1.23. The van der Waals surface area contributed by atoms with Crippen LogP contribution in [0.2, 0.25) is 0 Å². The molecule has 8 heteroatoms. The summed E-state index contributed by atoms with van der Waals surface area (Å²) in [7, 11) is -3.42. The minimum atomic E-state index is -3.42. The molecule has 32 heavy (non-hydrogen) atoms. The topological polar surface area (TPSA) is 70.2 Å². The number of amides is 1. The van der Waals surface area contributed by atoms with E-state index in [4.69, 9.17) is 4.74 Å². The van der Waals surface area contributed by atoms with Gasteiger partial charge in [-0.1, -0.05) is 25.0 Å². The Hall–Kier alpha value is -1.48. The number of hydrogen-bond acceptors (Lipinski definition) is 5. The maximum absolute atomic E-state index is 12.9. The highest BCUT2D eigenvalue weighted by Gasteiger charge is 2.26. The van der Waals surface area contributed by atoms with Gasteiger partial charge in [0.1, 0.15) is 0 Å². The van der Waals surface area contributed by atoms with Crippen LogP contribution in [0.15, 0.2) is 29.2 Å². The molecule has 3 fully saturated rings. The highest BCUT2D eigenvalue weighted by atomic mass is 32.2. The summed E-state index contributed by atoms with van der Waals surface area (Å²) >= 11 is 0. The lowest BCUT2D eigenvalue weighted by Crippen LogP contribution is -2.50. The normalized spacial score (nSPS) is 23.9. The summed E-state index contributed by atoms with van der Waals surface area (Å²) in [5, 5.41) is 0. The van der Waals surface area contributed by atoms with E-state index in [0.717, 1.165) is 83.4 Å². The molecule has 7 nitrogen and oxygen atoms in total. The molecular formula is C24H37N3O4S. The first kappa shape index (κ1) is 23.7. The van der Waals surface area contributed by atoms with Gasteiger partial charge in [-0.25, -0.2) is 8.42 Å². The molecular weight excluding hydrogens is 426 g/mol. The van der Waals surface area contributed by atoms with Gasteiger partial charge < -0.3 is 9.64 Å². The van der Waals surface area contributed by atoms with E-state index in [2.05, 4.69) is 4.90 Å². The van der Waals surface area contributed by atoms with E-state index in [1.807, 2.05) is 17.0 Å². The maximum atomic E-state index is 12.9. The maximum Gasteiger partial charge on any atom is 0.243 e. The first-order chi connectivity index (χ1) is 15.5. The molecule has 4 rings (SSSR count). The zero-order valence-corrected chi connectivity index (χ0v) is 19.9. The van der Waals surface area contributed by atoms with Crippen molar-refractivity contribution in [2.24, 2.45) is 0 Å². The van der Waals surface area contributed by atoms with Crippen LogP contribution in [0.4, 0.5) is 0 Å². The first-order valence-electron chi connectivity index (χ1n) is 12.2. The summed E-state index contributed by atoms with van der Waals surface area (Å²) in [5.74, 6) is 0.183. The molecule has 1 amide bonds. The molecule has 1 atom stereocenters. The number of nitrogens with zero attached hydrogens (tertiary/aromatic N) is 3. The lowest BCUT2D eigenvalue weighted by atomic mass is 10.1. The second kappa shape index (κ2) is 11.1. The quantitative estimate of drug-likeness (QED) is 0.621. The van der Waals surface area contributed by atoms with Crippen LogP contribution in [0, 0.1) is 0 Å². The van der Waals surface area contributed by atoms with Crippen LogP contribution in [-0.2, 0) is 26.0 Å². The van der Waals surface area contributed by atoms with Crippen molar-refractivity contribution in [3.63, 3.8) is 0 Å². The van der Waals surface area contributed by atoms with Crippen molar-refractivity contribution in [3.05, 3.63) is 29.8 Å². The molecule has 3 aliphatic heterocycles. The monoisotopic (exact) mass is 463 g/mol. The van der Waals surface area contributed by atoms with E-state index in [-0.39, 0.29) is 5.91 Å². The molecule has 0 bridgehead atoms. The summed E-state index contributed by atoms with van der Waals surface area (Å²) in [5.41, 5.74) is 1.00. The zero-order valence-electron chi connectivity index (χ0n) is 19.1. The van der Waals surface area contributed by atoms with Crippen LogP contribution in [0.3, 0.4) is 0 Å². The fourth-order valence-electron chi connectivity index (χ4n) is 4.92. The van der Waals surface area contributed by atoms with Gasteiger partial charge in [-0.15, -0.1) is 0 Å². The summed E-state index contributed by atoms with van der Waals surface area (Å²) < 4.78 is 33.2. The summed E-state index contributed by atoms with van der Waals surface area (Å²) in [4.78, 5) is 17.4. The summed E-state index contributed by atoms with van der Waals surface area (Å²) in [6, 6.07) is 7.11. The molecule has 178 valence electrons. The van der Waals surface area contributed by atoms with E-state index in [0.29, 0.717) is 36.9 Å². The van der Waals surface area contributed by atoms with Crippen molar-refractivity contribution in [1.29, 1.82) is 0 Å². The van der Waals surface area contributed by atoms with Gasteiger partial charge in [0.15, 0.2) is 0 Å². The number of benzene rings is 1. The zero-order chi connectivity index (χ0) is 22.4. The van der Waals surface area contributed by atoms with E-state index < -0.39 is 10.0 Å². The van der Waals surface area contributed by atoms with Crippen LogP contribution in [0.5, 0.6) is 0 Å². The van der Waals surface area contributed by atoms with E-state index in [9.17, 15) is 13.2 Å². The Morgan fingerprint density at radius 1 is 0.906 bits per heavy atom. The number of sulfonamides is 1. The lowest BCUT2D eigenvalue weighted by molar-refractivity contribution is -0.133. The SMILES string of the molecule is O=C(CCc1ccc(S(=O)(=O)N2CCCCCC2)cc1)N1CCN(C[C@H]2CCCO2)CC1. The average Bonchev–Trinajstić information content (AvgIpc) is 3.16. The number of carbonyl (C=O) groups excluding carboxylic acids is 1. The predicted octanol–water partition coefficient (Wildman–Crippen LogP) is 2.51. The average molecular weight is 464 g/mol. The van der Waals surface area contributed by atoms with Gasteiger partial charge in [0.05, 0.1) is 11.0 Å². The fourth-order valence-corrected chi connectivity index (χ4v) is 6.44. The number of piperazine rings is 1. The molecule has 0 aromatic heterocycles. The van der Waals surface area contributed by atoms with Crippen LogP contribution >= 0.6 is 0 Å². The predicted molar refractivity (Wildman–Crippen MR) is 124 cm³/mol. The summed E-state index contributed by atoms with van der Waals surface area (Å²) in [6.45, 7) is 6.46. The third kappa shape index (κ3) is 6.10. The van der Waals surface area contributed by atoms with Crippen molar-refractivity contribution in [2.75, 3.05) is 52.4 Å². The molecule has 0 N–H and O–H groups in total. The van der Waals surface area contributed by atoms with Crippen molar-refractivity contribution >= 4 is 15.9 Å². The molecule has 3 saturated heterocycles. The van der Waals surface area contributed by atoms with Crippen LogP contribution in [0.25, 0.3) is 0 Å². The lowest BCUT2D eigenvalue weighted by Gasteiger charge is -2.35. The van der Waals surface area contributed by atoms with Gasteiger partial charge in [0.2, 0.25) is 15.9 Å². The number of aryl methyl sites for hydroxylation is 1. The summed E-state index contributed by atoms with van der Waals surface area (Å²) in [6.07, 6.45) is 7.84. The minimum Gasteiger partial charge on any atom is -0.377 e. The first-order valence-corrected chi connectivity index (χ1v) is 13.7. The molecule has 0 saturated carbocycles. The fraction of sp³-hybridized carbons (Fsp3) is 0.708. The van der Waals surface area contributed by atoms with Gasteiger partial charge in [0, 0.05) is 58.8 Å². The number of ether oxygens (including phenoxy) is 1. The van der Waals surface area contributed by atoms with Gasteiger partial charge in [-0.3, -0.25) is 9.69 Å². The Morgan fingerprint density at radius 2 is 1.59 bits per heavy atom. The number of hydrogen-bond donors (Lipinski definition) is 0. The molecule has 1 aromatic rings. The smallest absolute Gasteiger partial charge is 0.243 e. The van der Waals surface area contributed by atoms with E-state index >= 15 is 0 Å². The minimum absolute atomic E-state index is 0.183. The molecule has 0 unspecified atom stereocenters. The van der Waals surface area contributed by atoms with Crippen LogP contribution in [0.1, 0.15) is 50.5 Å². The van der Waals surface area contributed by atoms with Gasteiger partial charge >= 0.3 is 0 Å². The highest BCUT2D eigenvalue weighted by Crippen LogP contribution is 2.21. The molecule has 3 aliphatic rings. The van der Waals surface area contributed by atoms with Gasteiger partial charge in [-0.2, -0.15) is 4.31 Å². The Bertz CT molecular complexity index is 837. The third-order valence-corrected chi connectivity index (χ3v) is 8.88. The van der Waals surface area contributed by atoms with Crippen molar-refractivity contribution in [2.45, 2.75) is 62.4 Å². The standard InChI is InChI=1S/C24H37N3O4S/c28-24(26-17-15-25(16-18-26)20-22-6-5-19-31-22)12-9-21-7-10-23(11-8-21)32(29,30)27-13-3-1-2-4-14-27/h7-8,10-11,22H,1-6,9,12-20H2/t22-/m1/s1. The Morgan fingerprint density at radius 3 is 2.22 bits per heavy atom. The third-order valence-electron chi connectivity index (χ3n) is 6.96. The number of rotatable bonds is 7. The molecule has 0 radical (unpaired) electrons. The van der Waals surface area contributed by atoms with Crippen molar-refractivity contribution < 1.29 is 17.9 Å². The number of carbonyl (C=O) groups is 1. The molecule has 3 heterocycles. The second-order valence-electron chi connectivity index (χ2n) is 9.28. The molecule has 1 aromatic carbocycles. The van der Waals surface area contributed by atoms with Crippen molar-refractivity contribution in [3.8, 4) is 0 Å². The van der Waals surface area contributed by atoms with Crippen molar-refractivity contribution in [1.82, 2.24) is 14.1 Å². The molecule has 0 spiro atoms. The van der Waals surface area contributed by atoms with Gasteiger partial charge in [-0.05, 0) is 49.8 Å².